The molecule has 0 bridgehead atoms. The molecule has 1 aromatic heterocycles. The van der Waals surface area contributed by atoms with Gasteiger partial charge in [-0.15, -0.1) is 11.3 Å². The standard InChI is InChI=1S/C19H19N3O2S2/c1-3-19(2)9-13-14(10-20)17(26-15(13)11-24-19)22-18(25)21-16(23)12-7-5-4-6-8-12/h4-8H,3,9,11H2,1-2H3,(H2,21,22,23,25)/t19-/m1/s1. The third-order valence-electron chi connectivity index (χ3n) is 4.54. The number of nitrogens with zero attached hydrogens (tertiary/aromatic N) is 1. The second-order valence-corrected chi connectivity index (χ2v) is 7.88. The largest absolute Gasteiger partial charge is 0.369 e. The van der Waals surface area contributed by atoms with E-state index in [0.717, 1.165) is 16.9 Å². The van der Waals surface area contributed by atoms with Gasteiger partial charge in [-0.1, -0.05) is 25.1 Å². The summed E-state index contributed by atoms with van der Waals surface area (Å²) in [5, 5.41) is 16.1. The molecule has 0 radical (unpaired) electrons. The van der Waals surface area contributed by atoms with E-state index in [1.165, 1.54) is 11.3 Å². The van der Waals surface area contributed by atoms with E-state index < -0.39 is 0 Å². The van der Waals surface area contributed by atoms with Gasteiger partial charge in [0.2, 0.25) is 0 Å². The molecule has 2 aromatic rings. The maximum Gasteiger partial charge on any atom is 0.257 e. The highest BCUT2D eigenvalue weighted by Gasteiger charge is 2.33. The maximum absolute atomic E-state index is 12.2. The number of carbonyl (C=O) groups excluding carboxylic acids is 1. The van der Waals surface area contributed by atoms with Crippen LogP contribution in [0.5, 0.6) is 0 Å². The molecule has 7 heteroatoms. The summed E-state index contributed by atoms with van der Waals surface area (Å²) < 4.78 is 5.95. The van der Waals surface area contributed by atoms with Crippen LogP contribution >= 0.6 is 23.6 Å². The van der Waals surface area contributed by atoms with Gasteiger partial charge in [0.25, 0.3) is 5.91 Å². The van der Waals surface area contributed by atoms with E-state index >= 15 is 0 Å². The highest BCUT2D eigenvalue weighted by atomic mass is 32.1. The summed E-state index contributed by atoms with van der Waals surface area (Å²) in [5.41, 5.74) is 1.88. The molecular formula is C19H19N3O2S2. The lowest BCUT2D eigenvalue weighted by Gasteiger charge is -2.32. The van der Waals surface area contributed by atoms with Crippen molar-refractivity contribution in [3.63, 3.8) is 0 Å². The molecule has 0 saturated carbocycles. The molecule has 5 nitrogen and oxygen atoms in total. The molecule has 1 amide bonds. The topological polar surface area (TPSA) is 74.1 Å². The van der Waals surface area contributed by atoms with Crippen molar-refractivity contribution in [1.29, 1.82) is 5.26 Å². The fourth-order valence-electron chi connectivity index (χ4n) is 2.81. The van der Waals surface area contributed by atoms with E-state index in [-0.39, 0.29) is 16.6 Å². The normalized spacial score (nSPS) is 18.5. The van der Waals surface area contributed by atoms with E-state index in [0.29, 0.717) is 29.2 Å². The Balaban J connectivity index is 1.76. The average Bonchev–Trinajstić information content (AvgIpc) is 2.98. The number of anilines is 1. The van der Waals surface area contributed by atoms with Crippen LogP contribution in [0.4, 0.5) is 5.00 Å². The van der Waals surface area contributed by atoms with Gasteiger partial charge in [0.05, 0.1) is 17.8 Å². The third kappa shape index (κ3) is 3.78. The van der Waals surface area contributed by atoms with Gasteiger partial charge >= 0.3 is 0 Å². The number of hydrogen-bond donors (Lipinski definition) is 2. The fourth-order valence-corrected chi connectivity index (χ4v) is 4.16. The number of thiocarbonyl (C=S) groups is 1. The molecule has 1 atom stereocenters. The number of thiophene rings is 1. The molecule has 0 aliphatic carbocycles. The third-order valence-corrected chi connectivity index (χ3v) is 5.87. The maximum atomic E-state index is 12.2. The Morgan fingerprint density at radius 2 is 2.15 bits per heavy atom. The van der Waals surface area contributed by atoms with Crippen LogP contribution < -0.4 is 10.6 Å². The number of benzene rings is 1. The van der Waals surface area contributed by atoms with Gasteiger partial charge in [0, 0.05) is 16.9 Å². The van der Waals surface area contributed by atoms with Gasteiger partial charge in [0.1, 0.15) is 11.1 Å². The Kier molecular flexibility index (Phi) is 5.37. The number of amides is 1. The first-order valence-electron chi connectivity index (χ1n) is 8.31. The molecule has 2 heterocycles. The van der Waals surface area contributed by atoms with Gasteiger partial charge in [0.15, 0.2) is 5.11 Å². The molecule has 1 aliphatic heterocycles. The Hall–Kier alpha value is -2.27. The zero-order valence-corrected chi connectivity index (χ0v) is 16.2. The number of nitriles is 1. The van der Waals surface area contributed by atoms with Crippen molar-refractivity contribution in [2.75, 3.05) is 5.32 Å². The van der Waals surface area contributed by atoms with E-state index in [1.54, 1.807) is 24.3 Å². The first kappa shape index (κ1) is 18.5. The number of carbonyl (C=O) groups is 1. The minimum absolute atomic E-state index is 0.174. The number of fused-ring (bicyclic) bond motifs is 1. The highest BCUT2D eigenvalue weighted by Crippen LogP contribution is 2.40. The van der Waals surface area contributed by atoms with E-state index in [9.17, 15) is 10.1 Å². The lowest BCUT2D eigenvalue weighted by Crippen LogP contribution is -2.34. The van der Waals surface area contributed by atoms with Crippen molar-refractivity contribution >= 4 is 39.6 Å². The Morgan fingerprint density at radius 1 is 1.42 bits per heavy atom. The molecule has 26 heavy (non-hydrogen) atoms. The van der Waals surface area contributed by atoms with Gasteiger partial charge in [-0.2, -0.15) is 5.26 Å². The Labute approximate surface area is 162 Å². The molecule has 0 spiro atoms. The number of hydrogen-bond acceptors (Lipinski definition) is 5. The zero-order chi connectivity index (χ0) is 18.7. The zero-order valence-electron chi connectivity index (χ0n) is 14.6. The smallest absolute Gasteiger partial charge is 0.257 e. The average molecular weight is 386 g/mol. The van der Waals surface area contributed by atoms with Crippen LogP contribution in [0.25, 0.3) is 0 Å². The molecule has 0 fully saturated rings. The van der Waals surface area contributed by atoms with E-state index in [4.69, 9.17) is 17.0 Å². The Bertz CT molecular complexity index is 886. The van der Waals surface area contributed by atoms with Crippen LogP contribution in [0.15, 0.2) is 30.3 Å². The molecule has 2 N–H and O–H groups in total. The number of nitrogens with one attached hydrogen (secondary N) is 2. The molecule has 0 unspecified atom stereocenters. The van der Waals surface area contributed by atoms with Crippen molar-refractivity contribution in [3.05, 3.63) is 51.9 Å². The Morgan fingerprint density at radius 3 is 2.81 bits per heavy atom. The predicted octanol–water partition coefficient (Wildman–Crippen LogP) is 3.99. The van der Waals surface area contributed by atoms with Gasteiger partial charge in [-0.25, -0.2) is 0 Å². The van der Waals surface area contributed by atoms with E-state index in [1.807, 2.05) is 6.07 Å². The summed E-state index contributed by atoms with van der Waals surface area (Å²) in [5.74, 6) is -0.287. The SMILES string of the molecule is CC[C@]1(C)Cc2c(sc(NC(=S)NC(=O)c3ccccc3)c2C#N)CO1. The second-order valence-electron chi connectivity index (χ2n) is 6.36. The summed E-state index contributed by atoms with van der Waals surface area (Å²) in [6, 6.07) is 11.1. The van der Waals surface area contributed by atoms with Crippen molar-refractivity contribution < 1.29 is 9.53 Å². The first-order chi connectivity index (χ1) is 12.5. The van der Waals surface area contributed by atoms with E-state index in [2.05, 4.69) is 30.6 Å². The quantitative estimate of drug-likeness (QED) is 0.782. The summed E-state index contributed by atoms with van der Waals surface area (Å²) >= 11 is 6.70. The van der Waals surface area contributed by atoms with Crippen LogP contribution in [0.3, 0.4) is 0 Å². The minimum atomic E-state index is -0.287. The molecule has 1 aliphatic rings. The second kappa shape index (κ2) is 7.54. The van der Waals surface area contributed by atoms with Crippen molar-refractivity contribution in [2.45, 2.75) is 38.9 Å². The lowest BCUT2D eigenvalue weighted by atomic mass is 9.90. The van der Waals surface area contributed by atoms with Crippen LogP contribution in [0, 0.1) is 11.3 Å². The predicted molar refractivity (Wildman–Crippen MR) is 106 cm³/mol. The minimum Gasteiger partial charge on any atom is -0.369 e. The highest BCUT2D eigenvalue weighted by molar-refractivity contribution is 7.80. The van der Waals surface area contributed by atoms with Crippen molar-refractivity contribution in [2.24, 2.45) is 0 Å². The van der Waals surface area contributed by atoms with Crippen LogP contribution in [-0.2, 0) is 17.8 Å². The van der Waals surface area contributed by atoms with Crippen LogP contribution in [0.1, 0.15) is 46.6 Å². The van der Waals surface area contributed by atoms with Crippen molar-refractivity contribution in [1.82, 2.24) is 5.32 Å². The number of ether oxygens (including phenoxy) is 1. The number of rotatable bonds is 3. The summed E-state index contributed by atoms with van der Waals surface area (Å²) in [6.45, 7) is 4.63. The fraction of sp³-hybridized carbons (Fsp3) is 0.316. The molecule has 1 aromatic carbocycles. The van der Waals surface area contributed by atoms with Gasteiger partial charge in [-0.3, -0.25) is 10.1 Å². The lowest BCUT2D eigenvalue weighted by molar-refractivity contribution is -0.0547. The first-order valence-corrected chi connectivity index (χ1v) is 9.54. The van der Waals surface area contributed by atoms with Gasteiger partial charge < -0.3 is 10.1 Å². The molecule has 0 saturated heterocycles. The monoisotopic (exact) mass is 385 g/mol. The summed E-state index contributed by atoms with van der Waals surface area (Å²) in [6.07, 6.45) is 1.57. The van der Waals surface area contributed by atoms with Crippen LogP contribution in [-0.4, -0.2) is 16.6 Å². The molecular weight excluding hydrogens is 366 g/mol. The van der Waals surface area contributed by atoms with Crippen molar-refractivity contribution in [3.8, 4) is 6.07 Å². The molecule has 134 valence electrons. The molecule has 3 rings (SSSR count). The summed E-state index contributed by atoms with van der Waals surface area (Å²) in [4.78, 5) is 13.2. The van der Waals surface area contributed by atoms with Gasteiger partial charge in [-0.05, 0) is 43.3 Å². The summed E-state index contributed by atoms with van der Waals surface area (Å²) in [7, 11) is 0. The van der Waals surface area contributed by atoms with Crippen LogP contribution in [0.2, 0.25) is 0 Å².